The molecule has 0 spiro atoms. The number of hydrogen-bond acceptors (Lipinski definition) is 4. The molecule has 5 heteroatoms. The molecule has 0 unspecified atom stereocenters. The first-order valence-electron chi connectivity index (χ1n) is 7.78. The number of carbonyl (C=O) groups is 1. The van der Waals surface area contributed by atoms with E-state index >= 15 is 0 Å². The molecule has 0 fully saturated rings. The minimum atomic E-state index is -0.260. The number of benzene rings is 2. The van der Waals surface area contributed by atoms with E-state index in [4.69, 9.17) is 9.26 Å². The van der Waals surface area contributed by atoms with E-state index in [1.54, 1.807) is 31.4 Å². The molecule has 0 aliphatic heterocycles. The van der Waals surface area contributed by atoms with Gasteiger partial charge in [-0.05, 0) is 42.7 Å². The quantitative estimate of drug-likeness (QED) is 0.799. The maximum atomic E-state index is 12.5. The van der Waals surface area contributed by atoms with Crippen LogP contribution in [0.5, 0.6) is 5.75 Å². The van der Waals surface area contributed by atoms with Gasteiger partial charge in [-0.15, -0.1) is 0 Å². The predicted molar refractivity (Wildman–Crippen MR) is 90.3 cm³/mol. The van der Waals surface area contributed by atoms with Gasteiger partial charge in [0.15, 0.2) is 11.5 Å². The third-order valence-electron chi connectivity index (χ3n) is 4.26. The SMILES string of the molecule is COc1ccc(NC(=O)c2noc3c2CCc2ccccc2-3)cc1. The molecule has 0 saturated heterocycles. The van der Waals surface area contributed by atoms with Crippen molar-refractivity contribution in [2.45, 2.75) is 12.8 Å². The Bertz CT molecular complexity index is 897. The molecule has 1 aliphatic rings. The van der Waals surface area contributed by atoms with Gasteiger partial charge in [-0.2, -0.15) is 0 Å². The number of methoxy groups -OCH3 is 1. The lowest BCUT2D eigenvalue weighted by atomic mass is 9.89. The van der Waals surface area contributed by atoms with Gasteiger partial charge in [0.25, 0.3) is 5.91 Å². The molecule has 3 aromatic rings. The summed E-state index contributed by atoms with van der Waals surface area (Å²) in [6.45, 7) is 0. The molecule has 1 aromatic heterocycles. The summed E-state index contributed by atoms with van der Waals surface area (Å²) in [5.74, 6) is 1.18. The Labute approximate surface area is 139 Å². The van der Waals surface area contributed by atoms with Crippen LogP contribution in [0.3, 0.4) is 0 Å². The fraction of sp³-hybridized carbons (Fsp3) is 0.158. The first kappa shape index (κ1) is 14.5. The van der Waals surface area contributed by atoms with Gasteiger partial charge in [0.05, 0.1) is 7.11 Å². The van der Waals surface area contributed by atoms with Crippen LogP contribution in [0.2, 0.25) is 0 Å². The molecule has 1 N–H and O–H groups in total. The second kappa shape index (κ2) is 5.85. The molecule has 0 bridgehead atoms. The summed E-state index contributed by atoms with van der Waals surface area (Å²) in [5.41, 5.74) is 4.17. The Morgan fingerprint density at radius 1 is 1.12 bits per heavy atom. The Morgan fingerprint density at radius 3 is 2.71 bits per heavy atom. The Hall–Kier alpha value is -3.08. The highest BCUT2D eigenvalue weighted by Crippen LogP contribution is 2.35. The maximum absolute atomic E-state index is 12.5. The summed E-state index contributed by atoms with van der Waals surface area (Å²) >= 11 is 0. The zero-order valence-electron chi connectivity index (χ0n) is 13.2. The van der Waals surface area contributed by atoms with Gasteiger partial charge in [-0.25, -0.2) is 0 Å². The van der Waals surface area contributed by atoms with Crippen molar-refractivity contribution in [2.75, 3.05) is 12.4 Å². The first-order chi connectivity index (χ1) is 11.8. The fourth-order valence-electron chi connectivity index (χ4n) is 3.02. The molecule has 2 aromatic carbocycles. The zero-order valence-corrected chi connectivity index (χ0v) is 13.2. The lowest BCUT2D eigenvalue weighted by Gasteiger charge is -2.14. The van der Waals surface area contributed by atoms with Gasteiger partial charge in [0.1, 0.15) is 5.75 Å². The molecular weight excluding hydrogens is 304 g/mol. The molecule has 4 rings (SSSR count). The highest BCUT2D eigenvalue weighted by Gasteiger charge is 2.27. The van der Waals surface area contributed by atoms with Crippen molar-refractivity contribution >= 4 is 11.6 Å². The lowest BCUT2D eigenvalue weighted by molar-refractivity contribution is 0.101. The van der Waals surface area contributed by atoms with Gasteiger partial charge in [-0.1, -0.05) is 29.4 Å². The fourth-order valence-corrected chi connectivity index (χ4v) is 3.02. The van der Waals surface area contributed by atoms with Crippen LogP contribution < -0.4 is 10.1 Å². The van der Waals surface area contributed by atoms with Crippen molar-refractivity contribution < 1.29 is 14.1 Å². The van der Waals surface area contributed by atoms with Crippen molar-refractivity contribution in [3.8, 4) is 17.1 Å². The molecule has 1 heterocycles. The second-order valence-electron chi connectivity index (χ2n) is 5.68. The summed E-state index contributed by atoms with van der Waals surface area (Å²) in [6.07, 6.45) is 1.63. The Morgan fingerprint density at radius 2 is 1.92 bits per heavy atom. The van der Waals surface area contributed by atoms with E-state index in [-0.39, 0.29) is 5.91 Å². The number of aromatic nitrogens is 1. The van der Waals surface area contributed by atoms with E-state index in [1.165, 1.54) is 5.56 Å². The van der Waals surface area contributed by atoms with E-state index in [2.05, 4.69) is 16.5 Å². The Balaban J connectivity index is 1.62. The Kier molecular flexibility index (Phi) is 3.54. The van der Waals surface area contributed by atoms with Crippen molar-refractivity contribution in [1.82, 2.24) is 5.16 Å². The molecule has 0 radical (unpaired) electrons. The first-order valence-corrected chi connectivity index (χ1v) is 7.78. The molecule has 1 amide bonds. The number of hydrogen-bond donors (Lipinski definition) is 1. The number of fused-ring (bicyclic) bond motifs is 3. The number of nitrogens with zero attached hydrogens (tertiary/aromatic N) is 1. The van der Waals surface area contributed by atoms with Crippen LogP contribution >= 0.6 is 0 Å². The van der Waals surface area contributed by atoms with E-state index in [0.29, 0.717) is 17.1 Å². The van der Waals surface area contributed by atoms with Crippen molar-refractivity contribution in [3.05, 3.63) is 65.4 Å². The monoisotopic (exact) mass is 320 g/mol. The average Bonchev–Trinajstić information content (AvgIpc) is 3.07. The molecule has 24 heavy (non-hydrogen) atoms. The molecule has 5 nitrogen and oxygen atoms in total. The van der Waals surface area contributed by atoms with Crippen LogP contribution in [0.25, 0.3) is 11.3 Å². The van der Waals surface area contributed by atoms with Crippen LogP contribution in [-0.4, -0.2) is 18.2 Å². The normalized spacial score (nSPS) is 12.2. The van der Waals surface area contributed by atoms with Crippen LogP contribution in [0.1, 0.15) is 21.6 Å². The van der Waals surface area contributed by atoms with Crippen LogP contribution in [-0.2, 0) is 12.8 Å². The molecule has 0 atom stereocenters. The molecule has 1 aliphatic carbocycles. The standard InChI is InChI=1S/C19H16N2O3/c1-23-14-9-7-13(8-10-14)20-19(22)17-16-11-6-12-4-2-3-5-15(12)18(16)24-21-17/h2-5,7-10H,6,11H2,1H3,(H,20,22). The highest BCUT2D eigenvalue weighted by molar-refractivity contribution is 6.04. The summed E-state index contributed by atoms with van der Waals surface area (Å²) in [7, 11) is 1.60. The van der Waals surface area contributed by atoms with Crippen molar-refractivity contribution in [2.24, 2.45) is 0 Å². The summed E-state index contributed by atoms with van der Waals surface area (Å²) < 4.78 is 10.6. The van der Waals surface area contributed by atoms with Crippen LogP contribution in [0, 0.1) is 0 Å². The third-order valence-corrected chi connectivity index (χ3v) is 4.26. The van der Waals surface area contributed by atoms with E-state index in [9.17, 15) is 4.79 Å². The minimum Gasteiger partial charge on any atom is -0.497 e. The number of anilines is 1. The topological polar surface area (TPSA) is 64.4 Å². The number of aryl methyl sites for hydroxylation is 1. The number of amides is 1. The maximum Gasteiger partial charge on any atom is 0.278 e. The summed E-state index contributed by atoms with van der Waals surface area (Å²) in [4.78, 5) is 12.5. The minimum absolute atomic E-state index is 0.260. The lowest BCUT2D eigenvalue weighted by Crippen LogP contribution is -2.15. The average molecular weight is 320 g/mol. The van der Waals surface area contributed by atoms with E-state index < -0.39 is 0 Å². The van der Waals surface area contributed by atoms with E-state index in [1.807, 2.05) is 18.2 Å². The van der Waals surface area contributed by atoms with Crippen LogP contribution in [0.15, 0.2) is 53.1 Å². The van der Waals surface area contributed by atoms with Crippen molar-refractivity contribution in [1.29, 1.82) is 0 Å². The van der Waals surface area contributed by atoms with E-state index in [0.717, 1.165) is 29.7 Å². The smallest absolute Gasteiger partial charge is 0.278 e. The number of rotatable bonds is 3. The molecule has 120 valence electrons. The number of ether oxygens (including phenoxy) is 1. The summed E-state index contributed by atoms with van der Waals surface area (Å²) in [6, 6.07) is 15.2. The highest BCUT2D eigenvalue weighted by atomic mass is 16.5. The van der Waals surface area contributed by atoms with Gasteiger partial charge >= 0.3 is 0 Å². The third kappa shape index (κ3) is 2.44. The number of carbonyl (C=O) groups excluding carboxylic acids is 1. The van der Waals surface area contributed by atoms with Gasteiger partial charge in [0.2, 0.25) is 0 Å². The van der Waals surface area contributed by atoms with Gasteiger partial charge in [0, 0.05) is 16.8 Å². The largest absolute Gasteiger partial charge is 0.497 e. The van der Waals surface area contributed by atoms with Gasteiger partial charge in [-0.3, -0.25) is 4.79 Å². The molecular formula is C19H16N2O3. The zero-order chi connectivity index (χ0) is 16.5. The van der Waals surface area contributed by atoms with Crippen molar-refractivity contribution in [3.63, 3.8) is 0 Å². The number of nitrogens with one attached hydrogen (secondary N) is 1. The molecule has 0 saturated carbocycles. The van der Waals surface area contributed by atoms with Crippen LogP contribution in [0.4, 0.5) is 5.69 Å². The summed E-state index contributed by atoms with van der Waals surface area (Å²) in [5, 5.41) is 6.87. The predicted octanol–water partition coefficient (Wildman–Crippen LogP) is 3.70. The van der Waals surface area contributed by atoms with Gasteiger partial charge < -0.3 is 14.6 Å². The second-order valence-corrected chi connectivity index (χ2v) is 5.68.